The lowest BCUT2D eigenvalue weighted by molar-refractivity contribution is -0.140. The van der Waals surface area contributed by atoms with Crippen LogP contribution in [0.1, 0.15) is 35.0 Å². The second-order valence-electron chi connectivity index (χ2n) is 7.04. The molecule has 7 nitrogen and oxygen atoms in total. The first-order valence-electron chi connectivity index (χ1n) is 9.18. The average Bonchev–Trinajstić information content (AvgIpc) is 3.12. The van der Waals surface area contributed by atoms with Crippen LogP contribution in [-0.4, -0.2) is 33.4 Å². The zero-order chi connectivity index (χ0) is 21.6. The number of halogens is 4. The molecule has 0 saturated carbocycles. The van der Waals surface area contributed by atoms with E-state index in [0.717, 1.165) is 23.5 Å². The molecule has 4 rings (SSSR count). The van der Waals surface area contributed by atoms with Crippen molar-refractivity contribution in [3.8, 4) is 0 Å². The minimum Gasteiger partial charge on any atom is -0.330 e. The van der Waals surface area contributed by atoms with Gasteiger partial charge >= 0.3 is 6.18 Å². The van der Waals surface area contributed by atoms with Crippen LogP contribution < -0.4 is 16.0 Å². The third kappa shape index (κ3) is 3.34. The number of hydrogen-bond acceptors (Lipinski definition) is 6. The maximum absolute atomic E-state index is 14.5. The monoisotopic (exact) mass is 422 g/mol. The van der Waals surface area contributed by atoms with E-state index in [9.17, 15) is 22.4 Å². The van der Waals surface area contributed by atoms with Crippen molar-refractivity contribution in [1.82, 2.24) is 25.8 Å². The number of aryl methyl sites for hydroxylation is 1. The molecule has 0 spiro atoms. The summed E-state index contributed by atoms with van der Waals surface area (Å²) < 4.78 is 53.5. The van der Waals surface area contributed by atoms with Crippen LogP contribution >= 0.6 is 0 Å². The molecular formula is C19H18F4N6O. The second-order valence-corrected chi connectivity index (χ2v) is 7.04. The fourth-order valence-corrected chi connectivity index (χ4v) is 3.65. The number of carbonyl (C=O) groups excluding carboxylic acids is 1. The van der Waals surface area contributed by atoms with Gasteiger partial charge in [-0.1, -0.05) is 6.07 Å². The number of carbonyl (C=O) groups is 1. The highest BCUT2D eigenvalue weighted by Gasteiger charge is 2.39. The van der Waals surface area contributed by atoms with E-state index < -0.39 is 35.1 Å². The van der Waals surface area contributed by atoms with E-state index in [2.05, 4.69) is 20.9 Å². The number of benzene rings is 1. The van der Waals surface area contributed by atoms with E-state index in [1.165, 1.54) is 11.2 Å². The van der Waals surface area contributed by atoms with Gasteiger partial charge in [-0.25, -0.2) is 19.4 Å². The van der Waals surface area contributed by atoms with Crippen LogP contribution in [0.4, 0.5) is 23.4 Å². The van der Waals surface area contributed by atoms with E-state index in [4.69, 9.17) is 0 Å². The van der Waals surface area contributed by atoms with Gasteiger partial charge in [0.1, 0.15) is 12.1 Å². The van der Waals surface area contributed by atoms with Gasteiger partial charge in [0, 0.05) is 24.7 Å². The third-order valence-corrected chi connectivity index (χ3v) is 5.17. The predicted molar refractivity (Wildman–Crippen MR) is 99.1 cm³/mol. The van der Waals surface area contributed by atoms with Crippen LogP contribution in [0.5, 0.6) is 0 Å². The molecule has 0 bridgehead atoms. The van der Waals surface area contributed by atoms with Gasteiger partial charge < -0.3 is 10.3 Å². The summed E-state index contributed by atoms with van der Waals surface area (Å²) in [6.07, 6.45) is -3.05. The zero-order valence-corrected chi connectivity index (χ0v) is 16.1. The van der Waals surface area contributed by atoms with E-state index in [0.29, 0.717) is 24.0 Å². The van der Waals surface area contributed by atoms with Crippen LogP contribution in [0, 0.1) is 12.7 Å². The molecule has 30 heavy (non-hydrogen) atoms. The fourth-order valence-electron chi connectivity index (χ4n) is 3.65. The van der Waals surface area contributed by atoms with Gasteiger partial charge in [-0.3, -0.25) is 4.79 Å². The van der Waals surface area contributed by atoms with Crippen LogP contribution in [0.25, 0.3) is 0 Å². The first kappa shape index (κ1) is 20.1. The average molecular weight is 422 g/mol. The predicted octanol–water partition coefficient (Wildman–Crippen LogP) is 2.92. The van der Waals surface area contributed by atoms with Gasteiger partial charge in [0.05, 0.1) is 28.6 Å². The summed E-state index contributed by atoms with van der Waals surface area (Å²) in [5, 5.41) is 1.73. The highest BCUT2D eigenvalue weighted by molar-refractivity contribution is 5.95. The number of hydrazine groups is 2. The zero-order valence-electron chi connectivity index (χ0n) is 16.1. The lowest BCUT2D eigenvalue weighted by Gasteiger charge is -2.34. The first-order valence-corrected chi connectivity index (χ1v) is 9.18. The Hall–Kier alpha value is -3.21. The molecule has 2 aromatic rings. The van der Waals surface area contributed by atoms with Crippen molar-refractivity contribution in [2.24, 2.45) is 0 Å². The summed E-state index contributed by atoms with van der Waals surface area (Å²) >= 11 is 0. The topological polar surface area (TPSA) is 73.4 Å². The molecule has 1 atom stereocenters. The van der Waals surface area contributed by atoms with Crippen molar-refractivity contribution < 1.29 is 22.4 Å². The number of anilines is 1. The largest absolute Gasteiger partial charge is 0.419 e. The Morgan fingerprint density at radius 1 is 1.27 bits per heavy atom. The molecule has 0 saturated heterocycles. The van der Waals surface area contributed by atoms with E-state index in [-0.39, 0.29) is 6.54 Å². The number of nitrogens with one attached hydrogen (secondary N) is 2. The van der Waals surface area contributed by atoms with Crippen molar-refractivity contribution in [3.05, 3.63) is 64.6 Å². The molecule has 11 heteroatoms. The van der Waals surface area contributed by atoms with Crippen LogP contribution in [0.2, 0.25) is 0 Å². The molecule has 1 amide bonds. The van der Waals surface area contributed by atoms with Gasteiger partial charge in [0.15, 0.2) is 5.82 Å². The summed E-state index contributed by atoms with van der Waals surface area (Å²) in [6.45, 7) is 3.76. The lowest BCUT2D eigenvalue weighted by atomic mass is 10.0. The van der Waals surface area contributed by atoms with Gasteiger partial charge in [0.2, 0.25) is 0 Å². The van der Waals surface area contributed by atoms with Crippen molar-refractivity contribution in [1.29, 1.82) is 0 Å². The molecule has 1 aromatic carbocycles. The van der Waals surface area contributed by atoms with E-state index in [1.54, 1.807) is 18.0 Å². The molecule has 158 valence electrons. The number of nitrogens with zero attached hydrogens (tertiary/aromatic N) is 4. The molecule has 2 aliphatic heterocycles. The minimum absolute atomic E-state index is 0.207. The Morgan fingerprint density at radius 3 is 2.73 bits per heavy atom. The highest BCUT2D eigenvalue weighted by Crippen LogP contribution is 2.34. The van der Waals surface area contributed by atoms with Crippen LogP contribution in [-0.2, 0) is 6.18 Å². The number of aromatic nitrogens is 2. The third-order valence-electron chi connectivity index (χ3n) is 5.17. The second kappa shape index (κ2) is 7.24. The summed E-state index contributed by atoms with van der Waals surface area (Å²) in [4.78, 5) is 22.5. The number of rotatable bonds is 2. The first-order chi connectivity index (χ1) is 14.2. The van der Waals surface area contributed by atoms with Crippen molar-refractivity contribution in [2.75, 3.05) is 11.6 Å². The van der Waals surface area contributed by atoms with Crippen LogP contribution in [0.3, 0.4) is 0 Å². The standard InChI is InChI=1S/C19H18F4N6O/c1-10-8-15(25-9-24-10)29-14-6-7-28(11(2)17(14)26-27-29)18(30)12-4-3-5-13(16(12)20)19(21,22)23/h3-5,8-9,11,26-27H,6-7H2,1-2H3. The smallest absolute Gasteiger partial charge is 0.330 e. The number of amides is 1. The van der Waals surface area contributed by atoms with Crippen molar-refractivity contribution >= 4 is 11.7 Å². The summed E-state index contributed by atoms with van der Waals surface area (Å²) in [7, 11) is 0. The summed E-state index contributed by atoms with van der Waals surface area (Å²) in [6, 6.07) is 3.99. The summed E-state index contributed by atoms with van der Waals surface area (Å²) in [5.41, 5.74) is 6.19. The van der Waals surface area contributed by atoms with Gasteiger partial charge in [-0.15, -0.1) is 5.53 Å². The Morgan fingerprint density at radius 2 is 2.03 bits per heavy atom. The number of hydrogen-bond donors (Lipinski definition) is 2. The molecule has 1 aromatic heterocycles. The maximum atomic E-state index is 14.5. The normalized spacial score (nSPS) is 19.1. The van der Waals surface area contributed by atoms with Gasteiger partial charge in [-0.2, -0.15) is 13.2 Å². The van der Waals surface area contributed by atoms with Crippen LogP contribution in [0.15, 0.2) is 42.0 Å². The van der Waals surface area contributed by atoms with Crippen molar-refractivity contribution in [2.45, 2.75) is 32.5 Å². The van der Waals surface area contributed by atoms with E-state index in [1.807, 2.05) is 6.92 Å². The highest BCUT2D eigenvalue weighted by atomic mass is 19.4. The van der Waals surface area contributed by atoms with Gasteiger partial charge in [0.25, 0.3) is 5.91 Å². The Kier molecular flexibility index (Phi) is 4.85. The molecule has 1 unspecified atom stereocenters. The minimum atomic E-state index is -4.88. The molecule has 3 heterocycles. The molecule has 0 aliphatic carbocycles. The molecule has 0 radical (unpaired) electrons. The number of alkyl halides is 3. The molecule has 2 N–H and O–H groups in total. The Bertz CT molecular complexity index is 1040. The maximum Gasteiger partial charge on any atom is 0.419 e. The lowest BCUT2D eigenvalue weighted by Crippen LogP contribution is -2.46. The summed E-state index contributed by atoms with van der Waals surface area (Å²) in [5.74, 6) is -1.75. The van der Waals surface area contributed by atoms with E-state index >= 15 is 0 Å². The van der Waals surface area contributed by atoms with Gasteiger partial charge in [-0.05, 0) is 26.0 Å². The fraction of sp³-hybridized carbons (Fsp3) is 0.316. The Balaban J connectivity index is 1.62. The SMILES string of the molecule is Cc1cc(N2NNC3=C2CCN(C(=O)c2cccc(C(F)(F)F)c2F)C3C)ncn1. The Labute approximate surface area is 169 Å². The van der Waals surface area contributed by atoms with Crippen molar-refractivity contribution in [3.63, 3.8) is 0 Å². The quantitative estimate of drug-likeness (QED) is 0.726. The molecule has 2 aliphatic rings. The molecular weight excluding hydrogens is 404 g/mol. The molecule has 0 fully saturated rings.